The van der Waals surface area contributed by atoms with E-state index in [1.807, 2.05) is 31.2 Å². The topological polar surface area (TPSA) is 127 Å². The van der Waals surface area contributed by atoms with Gasteiger partial charge in [-0.1, -0.05) is 29.8 Å². The average Bonchev–Trinajstić information content (AvgIpc) is 2.71. The first-order valence-electron chi connectivity index (χ1n) is 8.52. The van der Waals surface area contributed by atoms with Gasteiger partial charge in [-0.15, -0.1) is 0 Å². The normalized spacial score (nSPS) is 10.1. The summed E-state index contributed by atoms with van der Waals surface area (Å²) in [5.41, 5.74) is 7.36. The maximum absolute atomic E-state index is 12.6. The predicted octanol–water partition coefficient (Wildman–Crippen LogP) is 1.02. The maximum atomic E-state index is 12.6. The Hall–Kier alpha value is -3.52. The molecule has 0 fully saturated rings. The molecule has 1 aromatic carbocycles. The van der Waals surface area contributed by atoms with Crippen molar-refractivity contribution in [1.29, 1.82) is 0 Å². The largest absolute Gasteiger partial charge is 0.400 e. The van der Waals surface area contributed by atoms with Crippen LogP contribution in [0.2, 0.25) is 0 Å². The van der Waals surface area contributed by atoms with Crippen LogP contribution >= 0.6 is 0 Å². The van der Waals surface area contributed by atoms with Crippen molar-refractivity contribution < 1.29 is 14.7 Å². The molecule has 0 atom stereocenters. The molecule has 3 rings (SSSR count). The number of aromatic nitrogens is 2. The Balaban J connectivity index is 0.00000136. The van der Waals surface area contributed by atoms with Crippen LogP contribution < -0.4 is 16.6 Å². The SMILES string of the molecule is CO.Cc1ccc(CNC(=O)c2cc3ccc(N)nc3n(CC=O)c2=O)cc1. The Labute approximate surface area is 161 Å². The molecule has 146 valence electrons. The first-order chi connectivity index (χ1) is 13.5. The van der Waals surface area contributed by atoms with Crippen molar-refractivity contribution in [1.82, 2.24) is 14.9 Å². The Kier molecular flexibility index (Phi) is 7.00. The Morgan fingerprint density at radius 2 is 1.89 bits per heavy atom. The van der Waals surface area contributed by atoms with Crippen LogP contribution in [0.5, 0.6) is 0 Å². The quantitative estimate of drug-likeness (QED) is 0.566. The second kappa shape index (κ2) is 9.43. The van der Waals surface area contributed by atoms with Crippen molar-refractivity contribution in [2.24, 2.45) is 0 Å². The van der Waals surface area contributed by atoms with Crippen LogP contribution in [-0.2, 0) is 17.9 Å². The number of pyridine rings is 2. The van der Waals surface area contributed by atoms with Crippen molar-refractivity contribution in [3.63, 3.8) is 0 Å². The fraction of sp³-hybridized carbons (Fsp3) is 0.200. The van der Waals surface area contributed by atoms with Gasteiger partial charge in [0.15, 0.2) is 0 Å². The van der Waals surface area contributed by atoms with Crippen molar-refractivity contribution in [2.45, 2.75) is 20.0 Å². The summed E-state index contributed by atoms with van der Waals surface area (Å²) in [6, 6.07) is 12.4. The van der Waals surface area contributed by atoms with E-state index in [1.165, 1.54) is 6.07 Å². The summed E-state index contributed by atoms with van der Waals surface area (Å²) < 4.78 is 1.15. The number of nitrogens with one attached hydrogen (secondary N) is 1. The lowest BCUT2D eigenvalue weighted by atomic mass is 10.1. The standard InChI is InChI=1S/C19H18N4O3.CH4O/c1-12-2-4-13(5-3-12)11-21-18(25)15-10-14-6-7-16(20)22-17(14)23(8-9-24)19(15)26;1-2/h2-7,9-10H,8,11H2,1H3,(H2,20,22)(H,21,25);2H,1H3. The molecule has 8 heteroatoms. The van der Waals surface area contributed by atoms with Crippen molar-refractivity contribution in [3.8, 4) is 0 Å². The summed E-state index contributed by atoms with van der Waals surface area (Å²) in [6.45, 7) is 2.07. The molecule has 4 N–H and O–H groups in total. The van der Waals surface area contributed by atoms with Gasteiger partial charge in [-0.25, -0.2) is 4.98 Å². The van der Waals surface area contributed by atoms with E-state index in [9.17, 15) is 14.4 Å². The molecule has 28 heavy (non-hydrogen) atoms. The number of aldehydes is 1. The number of aliphatic hydroxyl groups is 1. The van der Waals surface area contributed by atoms with Gasteiger partial charge in [-0.05, 0) is 30.7 Å². The molecule has 0 aliphatic heterocycles. The molecule has 8 nitrogen and oxygen atoms in total. The zero-order valence-electron chi connectivity index (χ0n) is 15.7. The number of carbonyl (C=O) groups is 2. The second-order valence-corrected chi connectivity index (χ2v) is 5.96. The fourth-order valence-corrected chi connectivity index (χ4v) is 2.65. The monoisotopic (exact) mass is 382 g/mol. The van der Waals surface area contributed by atoms with Crippen LogP contribution in [0.1, 0.15) is 21.5 Å². The van der Waals surface area contributed by atoms with Crippen LogP contribution in [0.3, 0.4) is 0 Å². The molecule has 0 unspecified atom stereocenters. The smallest absolute Gasteiger partial charge is 0.265 e. The van der Waals surface area contributed by atoms with Crippen LogP contribution in [-0.4, -0.2) is 34.0 Å². The van der Waals surface area contributed by atoms with Gasteiger partial charge in [0, 0.05) is 19.0 Å². The number of amides is 1. The summed E-state index contributed by atoms with van der Waals surface area (Å²) in [6.07, 6.45) is 0.583. The lowest BCUT2D eigenvalue weighted by molar-refractivity contribution is -0.108. The number of benzene rings is 1. The lowest BCUT2D eigenvalue weighted by Crippen LogP contribution is -2.33. The number of fused-ring (bicyclic) bond motifs is 1. The van der Waals surface area contributed by atoms with Gasteiger partial charge in [-0.2, -0.15) is 0 Å². The van der Waals surface area contributed by atoms with Gasteiger partial charge < -0.3 is 21.0 Å². The number of nitrogens with two attached hydrogens (primary N) is 1. The van der Waals surface area contributed by atoms with Crippen LogP contribution in [0, 0.1) is 6.92 Å². The number of carbonyl (C=O) groups excluding carboxylic acids is 2. The Bertz CT molecular complexity index is 1040. The number of aliphatic hydroxyl groups excluding tert-OH is 1. The first kappa shape index (κ1) is 20.8. The van der Waals surface area contributed by atoms with E-state index in [0.29, 0.717) is 18.2 Å². The number of hydrogen-bond acceptors (Lipinski definition) is 6. The van der Waals surface area contributed by atoms with Crippen molar-refractivity contribution in [3.05, 3.63) is 69.5 Å². The van der Waals surface area contributed by atoms with Gasteiger partial charge in [0.25, 0.3) is 11.5 Å². The summed E-state index contributed by atoms with van der Waals surface area (Å²) in [7, 11) is 1.00. The summed E-state index contributed by atoms with van der Waals surface area (Å²) >= 11 is 0. The van der Waals surface area contributed by atoms with Gasteiger partial charge in [-0.3, -0.25) is 14.2 Å². The number of anilines is 1. The minimum atomic E-state index is -0.580. The highest BCUT2D eigenvalue weighted by Crippen LogP contribution is 2.14. The molecule has 3 aromatic rings. The van der Waals surface area contributed by atoms with Gasteiger partial charge in [0.05, 0.1) is 6.54 Å². The van der Waals surface area contributed by atoms with E-state index in [-0.39, 0.29) is 23.6 Å². The van der Waals surface area contributed by atoms with Crippen LogP contribution in [0.25, 0.3) is 11.0 Å². The fourth-order valence-electron chi connectivity index (χ4n) is 2.65. The summed E-state index contributed by atoms with van der Waals surface area (Å²) in [5, 5.41) is 10.3. The number of hydrogen-bond donors (Lipinski definition) is 3. The molecule has 0 saturated heterocycles. The van der Waals surface area contributed by atoms with E-state index in [1.54, 1.807) is 12.1 Å². The minimum absolute atomic E-state index is 0.0435. The molecule has 2 heterocycles. The van der Waals surface area contributed by atoms with E-state index in [4.69, 9.17) is 10.8 Å². The van der Waals surface area contributed by atoms with E-state index in [0.717, 1.165) is 22.8 Å². The highest BCUT2D eigenvalue weighted by atomic mass is 16.2. The first-order valence-corrected chi connectivity index (χ1v) is 8.52. The molecule has 0 aliphatic rings. The molecule has 2 aromatic heterocycles. The van der Waals surface area contributed by atoms with E-state index in [2.05, 4.69) is 10.3 Å². The third-order valence-corrected chi connectivity index (χ3v) is 4.03. The summed E-state index contributed by atoms with van der Waals surface area (Å²) in [4.78, 5) is 40.2. The van der Waals surface area contributed by atoms with Gasteiger partial charge >= 0.3 is 0 Å². The molecule has 0 bridgehead atoms. The lowest BCUT2D eigenvalue weighted by Gasteiger charge is -2.11. The third-order valence-electron chi connectivity index (χ3n) is 4.03. The van der Waals surface area contributed by atoms with Crippen molar-refractivity contribution >= 4 is 29.0 Å². The van der Waals surface area contributed by atoms with Crippen LogP contribution in [0.15, 0.2) is 47.3 Å². The van der Waals surface area contributed by atoms with E-state index >= 15 is 0 Å². The molecule has 0 radical (unpaired) electrons. The average molecular weight is 382 g/mol. The molecule has 0 aliphatic carbocycles. The molecular formula is C20H22N4O4. The number of aryl methyl sites for hydroxylation is 1. The number of nitrogen functional groups attached to an aromatic ring is 1. The Morgan fingerprint density at radius 3 is 2.54 bits per heavy atom. The molecule has 0 saturated carbocycles. The van der Waals surface area contributed by atoms with Gasteiger partial charge in [0.1, 0.15) is 23.3 Å². The zero-order chi connectivity index (χ0) is 20.7. The van der Waals surface area contributed by atoms with Gasteiger partial charge in [0.2, 0.25) is 0 Å². The maximum Gasteiger partial charge on any atom is 0.265 e. The second-order valence-electron chi connectivity index (χ2n) is 5.96. The highest BCUT2D eigenvalue weighted by Gasteiger charge is 2.16. The third kappa shape index (κ3) is 4.60. The summed E-state index contributed by atoms with van der Waals surface area (Å²) in [5.74, 6) is -0.276. The molecule has 1 amide bonds. The highest BCUT2D eigenvalue weighted by molar-refractivity contribution is 5.97. The number of rotatable bonds is 5. The minimum Gasteiger partial charge on any atom is -0.400 e. The van der Waals surface area contributed by atoms with Crippen molar-refractivity contribution in [2.75, 3.05) is 12.8 Å². The number of nitrogens with zero attached hydrogens (tertiary/aromatic N) is 2. The predicted molar refractivity (Wildman–Crippen MR) is 107 cm³/mol. The van der Waals surface area contributed by atoms with Crippen LogP contribution in [0.4, 0.5) is 5.82 Å². The zero-order valence-corrected chi connectivity index (χ0v) is 15.7. The Morgan fingerprint density at radius 1 is 1.21 bits per heavy atom. The van der Waals surface area contributed by atoms with E-state index < -0.39 is 11.5 Å². The molecule has 0 spiro atoms. The molecular weight excluding hydrogens is 360 g/mol.